The molecular formula is C19H27N3O2. The van der Waals surface area contributed by atoms with Crippen molar-refractivity contribution in [3.05, 3.63) is 24.5 Å². The maximum atomic E-state index is 12.6. The number of carbonyl (C=O) groups is 2. The zero-order chi connectivity index (χ0) is 16.5. The average molecular weight is 329 g/mol. The van der Waals surface area contributed by atoms with E-state index in [1.165, 1.54) is 6.42 Å². The van der Waals surface area contributed by atoms with E-state index in [9.17, 15) is 9.59 Å². The Hall–Kier alpha value is -1.78. The van der Waals surface area contributed by atoms with Crippen LogP contribution in [0.2, 0.25) is 0 Å². The molecule has 0 N–H and O–H groups in total. The lowest BCUT2D eigenvalue weighted by Gasteiger charge is -2.52. The molecule has 3 atom stereocenters. The summed E-state index contributed by atoms with van der Waals surface area (Å²) < 4.78 is 2.13. The van der Waals surface area contributed by atoms with Crippen LogP contribution in [0.3, 0.4) is 0 Å². The topological polar surface area (TPSA) is 45.6 Å². The minimum atomic E-state index is 0.299. The van der Waals surface area contributed by atoms with E-state index in [0.717, 1.165) is 51.9 Å². The maximum Gasteiger partial charge on any atom is 0.222 e. The SMILES string of the molecule is O=C(CCCn1cccc1)N1CC2CC(C1)C1CCCC(=O)N1C2. The number of fused-ring (bicyclic) bond motifs is 4. The normalized spacial score (nSPS) is 29.5. The second-order valence-corrected chi connectivity index (χ2v) is 7.69. The van der Waals surface area contributed by atoms with Crippen molar-refractivity contribution in [1.82, 2.24) is 14.4 Å². The Kier molecular flexibility index (Phi) is 4.33. The Balaban J connectivity index is 1.33. The average Bonchev–Trinajstić information content (AvgIpc) is 3.09. The van der Waals surface area contributed by atoms with Crippen LogP contribution in [0.15, 0.2) is 24.5 Å². The van der Waals surface area contributed by atoms with Crippen molar-refractivity contribution in [2.45, 2.75) is 51.1 Å². The summed E-state index contributed by atoms with van der Waals surface area (Å²) in [7, 11) is 0. The Morgan fingerprint density at radius 2 is 2.00 bits per heavy atom. The van der Waals surface area contributed by atoms with Crippen LogP contribution in [0.1, 0.15) is 38.5 Å². The Bertz CT molecular complexity index is 598. The quantitative estimate of drug-likeness (QED) is 0.849. The molecular weight excluding hydrogens is 302 g/mol. The van der Waals surface area contributed by atoms with E-state index < -0.39 is 0 Å². The molecule has 0 radical (unpaired) electrons. The fraction of sp³-hybridized carbons (Fsp3) is 0.684. The van der Waals surface area contributed by atoms with Crippen LogP contribution in [0.5, 0.6) is 0 Å². The Labute approximate surface area is 143 Å². The van der Waals surface area contributed by atoms with Crippen molar-refractivity contribution < 1.29 is 9.59 Å². The first-order valence-corrected chi connectivity index (χ1v) is 9.38. The number of aryl methyl sites for hydroxylation is 1. The number of piperidine rings is 3. The minimum Gasteiger partial charge on any atom is -0.354 e. The number of amides is 2. The zero-order valence-electron chi connectivity index (χ0n) is 14.3. The van der Waals surface area contributed by atoms with Crippen molar-refractivity contribution in [3.63, 3.8) is 0 Å². The number of likely N-dealkylation sites (tertiary alicyclic amines) is 1. The Morgan fingerprint density at radius 3 is 2.83 bits per heavy atom. The summed E-state index contributed by atoms with van der Waals surface area (Å²) in [6, 6.07) is 4.42. The number of aromatic nitrogens is 1. The molecule has 24 heavy (non-hydrogen) atoms. The number of nitrogens with zero attached hydrogens (tertiary/aromatic N) is 3. The van der Waals surface area contributed by atoms with E-state index in [1.807, 2.05) is 24.5 Å². The monoisotopic (exact) mass is 329 g/mol. The van der Waals surface area contributed by atoms with Gasteiger partial charge < -0.3 is 14.4 Å². The molecule has 2 bridgehead atoms. The smallest absolute Gasteiger partial charge is 0.222 e. The van der Waals surface area contributed by atoms with Crippen molar-refractivity contribution >= 4 is 11.8 Å². The molecule has 0 aliphatic carbocycles. The molecule has 4 heterocycles. The summed E-state index contributed by atoms with van der Waals surface area (Å²) in [6.45, 7) is 3.47. The summed E-state index contributed by atoms with van der Waals surface area (Å²) in [5, 5.41) is 0. The van der Waals surface area contributed by atoms with Gasteiger partial charge in [0.1, 0.15) is 0 Å². The zero-order valence-corrected chi connectivity index (χ0v) is 14.3. The summed E-state index contributed by atoms with van der Waals surface area (Å²) in [6.07, 6.45) is 9.68. The number of rotatable bonds is 4. The first kappa shape index (κ1) is 15.7. The molecule has 0 aromatic carbocycles. The van der Waals surface area contributed by atoms with E-state index in [-0.39, 0.29) is 0 Å². The highest BCUT2D eigenvalue weighted by atomic mass is 16.2. The fourth-order valence-corrected chi connectivity index (χ4v) is 4.90. The molecule has 0 saturated carbocycles. The van der Waals surface area contributed by atoms with E-state index >= 15 is 0 Å². The molecule has 1 aromatic rings. The van der Waals surface area contributed by atoms with Crippen LogP contribution < -0.4 is 0 Å². The van der Waals surface area contributed by atoms with Gasteiger partial charge in [-0.3, -0.25) is 9.59 Å². The molecule has 3 fully saturated rings. The van der Waals surface area contributed by atoms with Gasteiger partial charge in [-0.15, -0.1) is 0 Å². The van der Waals surface area contributed by atoms with Crippen molar-refractivity contribution in [2.75, 3.05) is 19.6 Å². The van der Waals surface area contributed by atoms with Gasteiger partial charge in [-0.1, -0.05) is 0 Å². The highest BCUT2D eigenvalue weighted by Gasteiger charge is 2.44. The van der Waals surface area contributed by atoms with E-state index in [2.05, 4.69) is 14.4 Å². The summed E-state index contributed by atoms with van der Waals surface area (Å²) in [4.78, 5) is 29.0. The molecule has 2 amide bonds. The van der Waals surface area contributed by atoms with Gasteiger partial charge in [-0.25, -0.2) is 0 Å². The number of carbonyl (C=O) groups excluding carboxylic acids is 2. The second-order valence-electron chi connectivity index (χ2n) is 7.69. The molecule has 3 aliphatic heterocycles. The minimum absolute atomic E-state index is 0.299. The van der Waals surface area contributed by atoms with Gasteiger partial charge in [-0.05, 0) is 49.7 Å². The van der Waals surface area contributed by atoms with Gasteiger partial charge in [0.05, 0.1) is 0 Å². The molecule has 4 rings (SSSR count). The molecule has 5 nitrogen and oxygen atoms in total. The molecule has 3 saturated heterocycles. The van der Waals surface area contributed by atoms with Gasteiger partial charge in [-0.2, -0.15) is 0 Å². The van der Waals surface area contributed by atoms with E-state index in [4.69, 9.17) is 0 Å². The molecule has 3 unspecified atom stereocenters. The summed E-state index contributed by atoms with van der Waals surface area (Å²) >= 11 is 0. The van der Waals surface area contributed by atoms with Crippen LogP contribution in [0.25, 0.3) is 0 Å². The Morgan fingerprint density at radius 1 is 1.17 bits per heavy atom. The van der Waals surface area contributed by atoms with Crippen molar-refractivity contribution in [2.24, 2.45) is 11.8 Å². The van der Waals surface area contributed by atoms with Crippen molar-refractivity contribution in [3.8, 4) is 0 Å². The first-order valence-electron chi connectivity index (χ1n) is 9.38. The van der Waals surface area contributed by atoms with Crippen LogP contribution in [-0.4, -0.2) is 51.9 Å². The molecule has 5 heteroatoms. The lowest BCUT2D eigenvalue weighted by atomic mass is 9.76. The molecule has 0 spiro atoms. The third kappa shape index (κ3) is 3.08. The lowest BCUT2D eigenvalue weighted by Crippen LogP contribution is -2.61. The van der Waals surface area contributed by atoms with Crippen LogP contribution in [-0.2, 0) is 16.1 Å². The summed E-state index contributed by atoms with van der Waals surface area (Å²) in [5.74, 6) is 1.62. The standard InChI is InChI=1S/C19H27N3O2/c23-18(7-4-10-20-8-1-2-9-20)21-12-15-11-16(14-21)17-5-3-6-19(24)22(17)13-15/h1-2,8-9,15-17H,3-7,10-14H2. The van der Waals surface area contributed by atoms with Gasteiger partial charge >= 0.3 is 0 Å². The predicted molar refractivity (Wildman–Crippen MR) is 91.2 cm³/mol. The van der Waals surface area contributed by atoms with Gasteiger partial charge in [0.25, 0.3) is 0 Å². The third-order valence-corrected chi connectivity index (χ3v) is 6.01. The van der Waals surface area contributed by atoms with Crippen LogP contribution in [0, 0.1) is 11.8 Å². The van der Waals surface area contributed by atoms with Gasteiger partial charge in [0, 0.05) is 57.5 Å². The number of hydrogen-bond donors (Lipinski definition) is 0. The van der Waals surface area contributed by atoms with Crippen LogP contribution >= 0.6 is 0 Å². The highest BCUT2D eigenvalue weighted by Crippen LogP contribution is 2.38. The molecule has 130 valence electrons. The maximum absolute atomic E-state index is 12.6. The largest absolute Gasteiger partial charge is 0.354 e. The van der Waals surface area contributed by atoms with Crippen molar-refractivity contribution in [1.29, 1.82) is 0 Å². The highest BCUT2D eigenvalue weighted by molar-refractivity contribution is 5.78. The van der Waals surface area contributed by atoms with E-state index in [1.54, 1.807) is 0 Å². The number of hydrogen-bond acceptors (Lipinski definition) is 2. The van der Waals surface area contributed by atoms with Gasteiger partial charge in [0.15, 0.2) is 0 Å². The molecule has 1 aromatic heterocycles. The second kappa shape index (κ2) is 6.61. The fourth-order valence-electron chi connectivity index (χ4n) is 4.90. The van der Waals surface area contributed by atoms with Gasteiger partial charge in [0.2, 0.25) is 11.8 Å². The third-order valence-electron chi connectivity index (χ3n) is 6.01. The van der Waals surface area contributed by atoms with Crippen LogP contribution in [0.4, 0.5) is 0 Å². The predicted octanol–water partition coefficient (Wildman–Crippen LogP) is 2.13. The summed E-state index contributed by atoms with van der Waals surface area (Å²) in [5.41, 5.74) is 0. The lowest BCUT2D eigenvalue weighted by molar-refractivity contribution is -0.148. The van der Waals surface area contributed by atoms with E-state index in [0.29, 0.717) is 36.1 Å². The molecule has 3 aliphatic rings. The first-order chi connectivity index (χ1) is 11.7.